The zero-order valence-corrected chi connectivity index (χ0v) is 17.0. The minimum Gasteiger partial charge on any atom is -0.497 e. The van der Waals surface area contributed by atoms with E-state index in [1.807, 2.05) is 30.3 Å². The third-order valence-electron chi connectivity index (χ3n) is 4.31. The SMILES string of the molecule is COc1ccc(NC(=O)CN(C)CC(=O)N[C@@H](Cc2ccccc2)C(C)=O)cc1. The highest BCUT2D eigenvalue weighted by Gasteiger charge is 2.19. The number of carbonyl (C=O) groups excluding carboxylic acids is 3. The number of nitrogens with one attached hydrogen (secondary N) is 2. The Kier molecular flexibility index (Phi) is 8.36. The molecule has 2 amide bonds. The zero-order valence-electron chi connectivity index (χ0n) is 17.0. The number of likely N-dealkylation sites (N-methyl/N-ethyl adjacent to an activating group) is 1. The molecule has 0 spiro atoms. The van der Waals surface area contributed by atoms with Crippen molar-refractivity contribution in [2.45, 2.75) is 19.4 Å². The molecule has 0 aromatic heterocycles. The van der Waals surface area contributed by atoms with Crippen molar-refractivity contribution < 1.29 is 19.1 Å². The normalized spacial score (nSPS) is 11.6. The summed E-state index contributed by atoms with van der Waals surface area (Å²) in [7, 11) is 3.25. The molecule has 2 aromatic rings. The molecule has 0 aliphatic carbocycles. The van der Waals surface area contributed by atoms with Gasteiger partial charge in [0.05, 0.1) is 26.2 Å². The van der Waals surface area contributed by atoms with Crippen molar-refractivity contribution in [2.24, 2.45) is 0 Å². The Labute approximate surface area is 171 Å². The standard InChI is InChI=1S/C22H27N3O4/c1-16(26)20(13-17-7-5-4-6-8-17)24-22(28)15-25(2)14-21(27)23-18-9-11-19(29-3)12-10-18/h4-12,20H,13-15H2,1-3H3,(H,23,27)(H,24,28)/t20-/m0/s1. The topological polar surface area (TPSA) is 87.7 Å². The lowest BCUT2D eigenvalue weighted by Crippen LogP contribution is -2.46. The number of carbonyl (C=O) groups is 3. The summed E-state index contributed by atoms with van der Waals surface area (Å²) in [6.07, 6.45) is 0.434. The van der Waals surface area contributed by atoms with Crippen molar-refractivity contribution in [1.82, 2.24) is 10.2 Å². The number of hydrogen-bond donors (Lipinski definition) is 2. The molecule has 0 aliphatic rings. The monoisotopic (exact) mass is 397 g/mol. The molecule has 0 fully saturated rings. The summed E-state index contributed by atoms with van der Waals surface area (Å²) >= 11 is 0. The number of methoxy groups -OCH3 is 1. The minimum atomic E-state index is -0.591. The second kappa shape index (κ2) is 11.0. The van der Waals surface area contributed by atoms with E-state index in [9.17, 15) is 14.4 Å². The van der Waals surface area contributed by atoms with Crippen molar-refractivity contribution in [1.29, 1.82) is 0 Å². The van der Waals surface area contributed by atoms with Gasteiger partial charge in [0.2, 0.25) is 11.8 Å². The van der Waals surface area contributed by atoms with Gasteiger partial charge in [-0.3, -0.25) is 19.3 Å². The average Bonchev–Trinajstić information content (AvgIpc) is 2.68. The van der Waals surface area contributed by atoms with Gasteiger partial charge in [-0.2, -0.15) is 0 Å². The minimum absolute atomic E-state index is 0.00853. The Bertz CT molecular complexity index is 822. The van der Waals surface area contributed by atoms with Crippen LogP contribution in [-0.4, -0.2) is 55.8 Å². The van der Waals surface area contributed by atoms with Crippen molar-refractivity contribution in [3.63, 3.8) is 0 Å². The molecular weight excluding hydrogens is 370 g/mol. The van der Waals surface area contributed by atoms with Crippen LogP contribution >= 0.6 is 0 Å². The number of amides is 2. The van der Waals surface area contributed by atoms with Gasteiger partial charge in [0, 0.05) is 5.69 Å². The fourth-order valence-corrected chi connectivity index (χ4v) is 2.81. The first-order valence-electron chi connectivity index (χ1n) is 9.33. The number of anilines is 1. The first-order valence-corrected chi connectivity index (χ1v) is 9.33. The van der Waals surface area contributed by atoms with Crippen LogP contribution in [0.4, 0.5) is 5.69 Å². The van der Waals surface area contributed by atoms with Gasteiger partial charge >= 0.3 is 0 Å². The highest BCUT2D eigenvalue weighted by molar-refractivity contribution is 5.93. The number of nitrogens with zero attached hydrogens (tertiary/aromatic N) is 1. The molecule has 7 heteroatoms. The molecule has 2 rings (SSSR count). The van der Waals surface area contributed by atoms with Crippen LogP contribution in [0.5, 0.6) is 5.75 Å². The van der Waals surface area contributed by atoms with Crippen molar-refractivity contribution in [3.05, 3.63) is 60.2 Å². The van der Waals surface area contributed by atoms with Gasteiger partial charge in [0.25, 0.3) is 0 Å². The first-order chi connectivity index (χ1) is 13.9. The number of hydrogen-bond acceptors (Lipinski definition) is 5. The Morgan fingerprint density at radius 1 is 0.966 bits per heavy atom. The van der Waals surface area contributed by atoms with E-state index in [4.69, 9.17) is 4.74 Å². The van der Waals surface area contributed by atoms with Crippen LogP contribution in [0.1, 0.15) is 12.5 Å². The lowest BCUT2D eigenvalue weighted by Gasteiger charge is -2.20. The fraction of sp³-hybridized carbons (Fsp3) is 0.318. The van der Waals surface area contributed by atoms with E-state index in [0.29, 0.717) is 17.9 Å². The van der Waals surface area contributed by atoms with Gasteiger partial charge in [-0.1, -0.05) is 30.3 Å². The Morgan fingerprint density at radius 2 is 1.59 bits per heavy atom. The predicted molar refractivity (Wildman–Crippen MR) is 112 cm³/mol. The van der Waals surface area contributed by atoms with Crippen LogP contribution in [-0.2, 0) is 20.8 Å². The second-order valence-corrected chi connectivity index (χ2v) is 6.87. The van der Waals surface area contributed by atoms with Crippen LogP contribution in [0.25, 0.3) is 0 Å². The van der Waals surface area contributed by atoms with E-state index >= 15 is 0 Å². The van der Waals surface area contributed by atoms with Crippen LogP contribution in [0.2, 0.25) is 0 Å². The third kappa shape index (κ3) is 7.75. The molecule has 2 N–H and O–H groups in total. The summed E-state index contributed by atoms with van der Waals surface area (Å²) in [6, 6.07) is 15.9. The van der Waals surface area contributed by atoms with Crippen LogP contribution in [0.15, 0.2) is 54.6 Å². The fourth-order valence-electron chi connectivity index (χ4n) is 2.81. The number of ether oxygens (including phenoxy) is 1. The molecule has 0 saturated heterocycles. The van der Waals surface area contributed by atoms with Gasteiger partial charge in [-0.05, 0) is 50.2 Å². The zero-order chi connectivity index (χ0) is 21.2. The van der Waals surface area contributed by atoms with Gasteiger partial charge in [0.1, 0.15) is 5.75 Å². The molecule has 7 nitrogen and oxygen atoms in total. The van der Waals surface area contributed by atoms with Crippen LogP contribution in [0.3, 0.4) is 0 Å². The average molecular weight is 397 g/mol. The van der Waals surface area contributed by atoms with E-state index in [1.165, 1.54) is 6.92 Å². The van der Waals surface area contributed by atoms with Crippen molar-refractivity contribution in [3.8, 4) is 5.75 Å². The van der Waals surface area contributed by atoms with Gasteiger partial charge in [0.15, 0.2) is 5.78 Å². The maximum absolute atomic E-state index is 12.3. The number of Topliss-reactive ketones (excluding diaryl/α,β-unsaturated/α-hetero) is 1. The highest BCUT2D eigenvalue weighted by Crippen LogP contribution is 2.14. The van der Waals surface area contributed by atoms with Gasteiger partial charge < -0.3 is 15.4 Å². The quantitative estimate of drug-likeness (QED) is 0.639. The first kappa shape index (κ1) is 22.1. The summed E-state index contributed by atoms with van der Waals surface area (Å²) in [5.74, 6) is 0.0492. The van der Waals surface area contributed by atoms with Crippen LogP contribution < -0.4 is 15.4 Å². The van der Waals surface area contributed by atoms with E-state index in [-0.39, 0.29) is 30.7 Å². The lowest BCUT2D eigenvalue weighted by molar-refractivity contribution is -0.128. The molecule has 0 heterocycles. The maximum Gasteiger partial charge on any atom is 0.238 e. The molecule has 1 atom stereocenters. The maximum atomic E-state index is 12.3. The summed E-state index contributed by atoms with van der Waals surface area (Å²) in [5.41, 5.74) is 1.62. The number of ketones is 1. The number of benzene rings is 2. The Balaban J connectivity index is 1.81. The summed E-state index contributed by atoms with van der Waals surface area (Å²) < 4.78 is 5.08. The predicted octanol–water partition coefficient (Wildman–Crippen LogP) is 1.88. The Hall–Kier alpha value is -3.19. The van der Waals surface area contributed by atoms with E-state index in [2.05, 4.69) is 10.6 Å². The second-order valence-electron chi connectivity index (χ2n) is 6.87. The smallest absolute Gasteiger partial charge is 0.238 e. The third-order valence-corrected chi connectivity index (χ3v) is 4.31. The molecule has 154 valence electrons. The largest absolute Gasteiger partial charge is 0.497 e. The van der Waals surface area contributed by atoms with E-state index in [1.54, 1.807) is 43.3 Å². The lowest BCUT2D eigenvalue weighted by atomic mass is 10.0. The molecular formula is C22H27N3O4. The highest BCUT2D eigenvalue weighted by atomic mass is 16.5. The van der Waals surface area contributed by atoms with Gasteiger partial charge in [-0.15, -0.1) is 0 Å². The van der Waals surface area contributed by atoms with Crippen molar-refractivity contribution in [2.75, 3.05) is 32.6 Å². The van der Waals surface area contributed by atoms with E-state index in [0.717, 1.165) is 5.56 Å². The molecule has 0 unspecified atom stereocenters. The van der Waals surface area contributed by atoms with E-state index < -0.39 is 6.04 Å². The molecule has 0 saturated carbocycles. The summed E-state index contributed by atoms with van der Waals surface area (Å²) in [4.78, 5) is 38.0. The summed E-state index contributed by atoms with van der Waals surface area (Å²) in [5, 5.41) is 5.52. The molecule has 0 radical (unpaired) electrons. The Morgan fingerprint density at radius 3 is 2.17 bits per heavy atom. The summed E-state index contributed by atoms with van der Waals surface area (Å²) in [6.45, 7) is 1.51. The van der Waals surface area contributed by atoms with Crippen LogP contribution in [0, 0.1) is 0 Å². The van der Waals surface area contributed by atoms with Crippen molar-refractivity contribution >= 4 is 23.3 Å². The molecule has 0 aliphatic heterocycles. The molecule has 2 aromatic carbocycles. The molecule has 0 bridgehead atoms. The van der Waals surface area contributed by atoms with Gasteiger partial charge in [-0.25, -0.2) is 0 Å². The number of rotatable bonds is 10. The molecule has 29 heavy (non-hydrogen) atoms.